The van der Waals surface area contributed by atoms with E-state index in [2.05, 4.69) is 17.6 Å². The van der Waals surface area contributed by atoms with Gasteiger partial charge in [0.05, 0.1) is 6.42 Å². The van der Waals surface area contributed by atoms with Crippen LogP contribution in [0.3, 0.4) is 0 Å². The highest BCUT2D eigenvalue weighted by Gasteiger charge is 2.21. The van der Waals surface area contributed by atoms with Gasteiger partial charge in [0.25, 0.3) is 0 Å². The van der Waals surface area contributed by atoms with Crippen molar-refractivity contribution in [3.05, 3.63) is 0 Å². The fourth-order valence-electron chi connectivity index (χ4n) is 2.51. The molecule has 0 heterocycles. The van der Waals surface area contributed by atoms with Crippen molar-refractivity contribution in [2.45, 2.75) is 52.0 Å². The maximum Gasteiger partial charge on any atom is 0.315 e. The lowest BCUT2D eigenvalue weighted by molar-refractivity contribution is -0.137. The molecular weight excluding hydrogens is 232 g/mol. The van der Waals surface area contributed by atoms with Crippen molar-refractivity contribution >= 4 is 12.0 Å². The summed E-state index contributed by atoms with van der Waals surface area (Å²) in [6, 6.07) is -0.604. The molecule has 5 nitrogen and oxygen atoms in total. The van der Waals surface area contributed by atoms with Gasteiger partial charge in [-0.3, -0.25) is 4.79 Å². The van der Waals surface area contributed by atoms with E-state index in [1.54, 1.807) is 6.92 Å². The standard InChI is InChI=1S/C13H24N2O3/c1-9-5-3-4-6-11(9)8-14-13(18)15-10(2)7-12(16)17/h9-11H,3-8H2,1-2H3,(H,16,17)(H2,14,15,18). The van der Waals surface area contributed by atoms with Gasteiger partial charge in [-0.1, -0.05) is 26.2 Å². The van der Waals surface area contributed by atoms with E-state index in [4.69, 9.17) is 5.11 Å². The molecule has 5 heteroatoms. The van der Waals surface area contributed by atoms with Gasteiger partial charge >= 0.3 is 12.0 Å². The molecule has 0 aliphatic heterocycles. The molecule has 1 saturated carbocycles. The number of carbonyl (C=O) groups is 2. The molecule has 3 unspecified atom stereocenters. The number of aliphatic carboxylic acids is 1. The van der Waals surface area contributed by atoms with Crippen molar-refractivity contribution in [3.8, 4) is 0 Å². The Hall–Kier alpha value is -1.26. The minimum Gasteiger partial charge on any atom is -0.481 e. The van der Waals surface area contributed by atoms with E-state index in [0.29, 0.717) is 18.4 Å². The number of hydrogen-bond acceptors (Lipinski definition) is 2. The Morgan fingerprint density at radius 1 is 1.33 bits per heavy atom. The molecule has 0 bridgehead atoms. The molecular formula is C13H24N2O3. The van der Waals surface area contributed by atoms with Gasteiger partial charge < -0.3 is 15.7 Å². The van der Waals surface area contributed by atoms with Crippen molar-refractivity contribution in [3.63, 3.8) is 0 Å². The van der Waals surface area contributed by atoms with Crippen LogP contribution in [0.1, 0.15) is 46.0 Å². The normalized spacial score (nSPS) is 25.2. The Balaban J connectivity index is 2.21. The molecule has 1 rings (SSSR count). The second-order valence-electron chi connectivity index (χ2n) is 5.38. The van der Waals surface area contributed by atoms with Crippen LogP contribution in [-0.2, 0) is 4.79 Å². The van der Waals surface area contributed by atoms with Gasteiger partial charge in [0.2, 0.25) is 0 Å². The van der Waals surface area contributed by atoms with E-state index in [1.165, 1.54) is 25.7 Å². The number of rotatable bonds is 5. The lowest BCUT2D eigenvalue weighted by Gasteiger charge is -2.29. The average molecular weight is 256 g/mol. The predicted octanol–water partition coefficient (Wildman–Crippen LogP) is 1.98. The molecule has 0 aromatic rings. The first kappa shape index (κ1) is 14.8. The summed E-state index contributed by atoms with van der Waals surface area (Å²) in [5, 5.41) is 14.1. The Labute approximate surface area is 108 Å². The summed E-state index contributed by atoms with van der Waals surface area (Å²) in [7, 11) is 0. The topological polar surface area (TPSA) is 78.4 Å². The Kier molecular flexibility index (Phi) is 5.95. The zero-order valence-electron chi connectivity index (χ0n) is 11.2. The van der Waals surface area contributed by atoms with Gasteiger partial charge in [-0.2, -0.15) is 0 Å². The van der Waals surface area contributed by atoms with E-state index >= 15 is 0 Å². The Morgan fingerprint density at radius 2 is 2.00 bits per heavy atom. The van der Waals surface area contributed by atoms with Crippen molar-refractivity contribution in [1.29, 1.82) is 0 Å². The molecule has 1 aliphatic carbocycles. The fourth-order valence-corrected chi connectivity index (χ4v) is 2.51. The lowest BCUT2D eigenvalue weighted by Crippen LogP contribution is -2.44. The molecule has 0 saturated heterocycles. The molecule has 3 atom stereocenters. The summed E-state index contributed by atoms with van der Waals surface area (Å²) in [6.45, 7) is 4.61. The molecule has 2 amide bonds. The molecule has 0 spiro atoms. The van der Waals surface area contributed by atoms with E-state index < -0.39 is 5.97 Å². The van der Waals surface area contributed by atoms with Crippen molar-refractivity contribution in [2.75, 3.05) is 6.54 Å². The SMILES string of the molecule is CC(CC(=O)O)NC(=O)NCC1CCCCC1C. The summed E-state index contributed by atoms with van der Waals surface area (Å²) < 4.78 is 0. The van der Waals surface area contributed by atoms with Crippen LogP contribution in [0.5, 0.6) is 0 Å². The van der Waals surface area contributed by atoms with E-state index in [-0.39, 0.29) is 18.5 Å². The van der Waals surface area contributed by atoms with Gasteiger partial charge in [-0.25, -0.2) is 4.79 Å². The molecule has 1 fully saturated rings. The number of carbonyl (C=O) groups excluding carboxylic acids is 1. The quantitative estimate of drug-likeness (QED) is 0.703. The van der Waals surface area contributed by atoms with Crippen molar-refractivity contribution in [2.24, 2.45) is 11.8 Å². The summed E-state index contributed by atoms with van der Waals surface area (Å²) in [5.41, 5.74) is 0. The largest absolute Gasteiger partial charge is 0.481 e. The Morgan fingerprint density at radius 3 is 2.61 bits per heavy atom. The highest BCUT2D eigenvalue weighted by atomic mass is 16.4. The third-order valence-corrected chi connectivity index (χ3v) is 3.67. The van der Waals surface area contributed by atoms with Crippen LogP contribution >= 0.6 is 0 Å². The second kappa shape index (κ2) is 7.24. The molecule has 3 N–H and O–H groups in total. The van der Waals surface area contributed by atoms with Crippen LogP contribution < -0.4 is 10.6 Å². The third-order valence-electron chi connectivity index (χ3n) is 3.67. The summed E-state index contributed by atoms with van der Waals surface area (Å²) in [6.07, 6.45) is 4.90. The third kappa shape index (κ3) is 5.38. The van der Waals surface area contributed by atoms with Crippen LogP contribution in [0, 0.1) is 11.8 Å². The minimum absolute atomic E-state index is 0.0484. The first-order chi connectivity index (χ1) is 8.49. The van der Waals surface area contributed by atoms with Crippen LogP contribution in [0.2, 0.25) is 0 Å². The minimum atomic E-state index is -0.899. The first-order valence-electron chi connectivity index (χ1n) is 6.75. The molecule has 18 heavy (non-hydrogen) atoms. The maximum atomic E-state index is 11.6. The van der Waals surface area contributed by atoms with Gasteiger partial charge in [-0.05, 0) is 25.2 Å². The van der Waals surface area contributed by atoms with Crippen molar-refractivity contribution < 1.29 is 14.7 Å². The number of urea groups is 1. The van der Waals surface area contributed by atoms with Crippen LogP contribution in [0.15, 0.2) is 0 Å². The smallest absolute Gasteiger partial charge is 0.315 e. The summed E-state index contributed by atoms with van der Waals surface area (Å²) >= 11 is 0. The molecule has 0 aromatic heterocycles. The number of nitrogens with one attached hydrogen (secondary N) is 2. The highest BCUT2D eigenvalue weighted by Crippen LogP contribution is 2.28. The number of carboxylic acids is 1. The predicted molar refractivity (Wildman–Crippen MR) is 69.4 cm³/mol. The van der Waals surface area contributed by atoms with Crippen LogP contribution in [0.4, 0.5) is 4.79 Å². The number of carboxylic acid groups (broad SMARTS) is 1. The average Bonchev–Trinajstić information content (AvgIpc) is 2.26. The zero-order valence-corrected chi connectivity index (χ0v) is 11.2. The van der Waals surface area contributed by atoms with Crippen LogP contribution in [-0.4, -0.2) is 29.7 Å². The molecule has 0 radical (unpaired) electrons. The summed E-state index contributed by atoms with van der Waals surface area (Å²) in [4.78, 5) is 22.0. The maximum absolute atomic E-state index is 11.6. The van der Waals surface area contributed by atoms with E-state index in [9.17, 15) is 9.59 Å². The van der Waals surface area contributed by atoms with Gasteiger partial charge in [0, 0.05) is 12.6 Å². The van der Waals surface area contributed by atoms with E-state index in [0.717, 1.165) is 0 Å². The number of amides is 2. The number of hydrogen-bond donors (Lipinski definition) is 3. The van der Waals surface area contributed by atoms with Crippen LogP contribution in [0.25, 0.3) is 0 Å². The van der Waals surface area contributed by atoms with Gasteiger partial charge in [-0.15, -0.1) is 0 Å². The van der Waals surface area contributed by atoms with Gasteiger partial charge in [0.1, 0.15) is 0 Å². The lowest BCUT2D eigenvalue weighted by atomic mass is 9.80. The first-order valence-corrected chi connectivity index (χ1v) is 6.75. The van der Waals surface area contributed by atoms with Crippen molar-refractivity contribution in [1.82, 2.24) is 10.6 Å². The Bertz CT molecular complexity index is 294. The van der Waals surface area contributed by atoms with Gasteiger partial charge in [0.15, 0.2) is 0 Å². The molecule has 1 aliphatic rings. The molecule has 104 valence electrons. The van der Waals surface area contributed by atoms with E-state index in [1.807, 2.05) is 0 Å². The second-order valence-corrected chi connectivity index (χ2v) is 5.38. The fraction of sp³-hybridized carbons (Fsp3) is 0.846. The zero-order chi connectivity index (χ0) is 13.5. The highest BCUT2D eigenvalue weighted by molar-refractivity contribution is 5.75. The molecule has 0 aromatic carbocycles. The summed E-state index contributed by atoms with van der Waals surface area (Å²) in [5.74, 6) is 0.318. The monoisotopic (exact) mass is 256 g/mol.